The van der Waals surface area contributed by atoms with Crippen LogP contribution in [0.1, 0.15) is 33.5 Å². The number of benzene rings is 2. The van der Waals surface area contributed by atoms with Crippen LogP contribution in [0.15, 0.2) is 73.7 Å². The van der Waals surface area contributed by atoms with Crippen molar-refractivity contribution in [1.82, 2.24) is 20.3 Å². The van der Waals surface area contributed by atoms with Crippen LogP contribution in [-0.4, -0.2) is 15.0 Å². The predicted octanol–water partition coefficient (Wildman–Crippen LogP) is 5.78. The molecule has 2 aromatic carbocycles. The zero-order valence-corrected chi connectivity index (χ0v) is 18.7. The topological polar surface area (TPSA) is 77.4 Å². The molecule has 0 fully saturated rings. The smallest absolute Gasteiger partial charge is 0.130 e. The van der Waals surface area contributed by atoms with Gasteiger partial charge in [0.1, 0.15) is 11.9 Å². The van der Waals surface area contributed by atoms with Gasteiger partial charge in [-0.25, -0.2) is 4.39 Å². The molecule has 3 heterocycles. The number of aromatic amines is 1. The predicted molar refractivity (Wildman–Crippen MR) is 132 cm³/mol. The fraction of sp³-hybridized carbons (Fsp3) is 0.107. The van der Waals surface area contributed by atoms with E-state index in [1.165, 1.54) is 6.07 Å². The van der Waals surface area contributed by atoms with Gasteiger partial charge in [0, 0.05) is 65.0 Å². The van der Waals surface area contributed by atoms with E-state index in [4.69, 9.17) is 0 Å². The van der Waals surface area contributed by atoms with Crippen molar-refractivity contribution in [3.8, 4) is 6.07 Å². The highest BCUT2D eigenvalue weighted by molar-refractivity contribution is 5.85. The Hall–Kier alpha value is -4.50. The van der Waals surface area contributed by atoms with Crippen LogP contribution in [0, 0.1) is 24.1 Å². The lowest BCUT2D eigenvalue weighted by molar-refractivity contribution is 0.607. The number of pyridine rings is 2. The van der Waals surface area contributed by atoms with Crippen LogP contribution in [0.5, 0.6) is 0 Å². The maximum Gasteiger partial charge on any atom is 0.130 e. The van der Waals surface area contributed by atoms with E-state index in [1.54, 1.807) is 18.6 Å². The average molecular weight is 448 g/mol. The zero-order chi connectivity index (χ0) is 23.7. The van der Waals surface area contributed by atoms with Gasteiger partial charge in [-0.1, -0.05) is 6.58 Å². The molecule has 5 aromatic rings. The number of fused-ring (bicyclic) bond motifs is 2. The molecule has 0 saturated carbocycles. The fourth-order valence-corrected chi connectivity index (χ4v) is 4.14. The van der Waals surface area contributed by atoms with Crippen LogP contribution < -0.4 is 5.32 Å². The highest BCUT2D eigenvalue weighted by Gasteiger charge is 2.10. The van der Waals surface area contributed by atoms with Gasteiger partial charge in [0.2, 0.25) is 0 Å². The van der Waals surface area contributed by atoms with Gasteiger partial charge in [-0.2, -0.15) is 5.26 Å². The molecule has 0 bridgehead atoms. The molecule has 0 radical (unpaired) electrons. The molecular formula is C28H22FN5. The van der Waals surface area contributed by atoms with Crippen molar-refractivity contribution in [1.29, 1.82) is 5.26 Å². The number of aryl methyl sites for hydroxylation is 1. The highest BCUT2D eigenvalue weighted by Crippen LogP contribution is 2.23. The van der Waals surface area contributed by atoms with Crippen LogP contribution in [0.2, 0.25) is 0 Å². The molecular weight excluding hydrogens is 425 g/mol. The molecule has 0 aliphatic rings. The Labute approximate surface area is 196 Å². The van der Waals surface area contributed by atoms with E-state index in [9.17, 15) is 9.65 Å². The summed E-state index contributed by atoms with van der Waals surface area (Å²) in [5, 5.41) is 14.7. The van der Waals surface area contributed by atoms with E-state index in [2.05, 4.69) is 39.0 Å². The molecule has 0 amide bonds. The number of hydrogen-bond donors (Lipinski definition) is 2. The zero-order valence-electron chi connectivity index (χ0n) is 18.7. The number of H-pyrrole nitrogens is 1. The first kappa shape index (κ1) is 21.4. The third kappa shape index (κ3) is 4.24. The minimum atomic E-state index is -0.264. The van der Waals surface area contributed by atoms with Crippen molar-refractivity contribution in [3.05, 3.63) is 113 Å². The maximum absolute atomic E-state index is 14.4. The van der Waals surface area contributed by atoms with Crippen LogP contribution in [-0.2, 0) is 13.0 Å². The number of nitrogens with zero attached hydrogens (tertiary/aromatic N) is 3. The van der Waals surface area contributed by atoms with E-state index >= 15 is 0 Å². The largest absolute Gasteiger partial charge is 0.381 e. The molecule has 0 spiro atoms. The summed E-state index contributed by atoms with van der Waals surface area (Å²) in [6.07, 6.45) is 5.88. The molecule has 6 heteroatoms. The SMILES string of the molecule is C=C(NCc1cc2cc[nH]c2cc1F)c1ccnc(Cc2cc(C#N)c3ncc(C)cc3c2)c1. The van der Waals surface area contributed by atoms with Crippen molar-refractivity contribution >= 4 is 27.5 Å². The summed E-state index contributed by atoms with van der Waals surface area (Å²) < 4.78 is 14.4. The lowest BCUT2D eigenvalue weighted by Crippen LogP contribution is -2.12. The van der Waals surface area contributed by atoms with Crippen LogP contribution in [0.4, 0.5) is 4.39 Å². The quantitative estimate of drug-likeness (QED) is 0.346. The number of nitriles is 1. The van der Waals surface area contributed by atoms with Crippen molar-refractivity contribution in [2.75, 3.05) is 0 Å². The molecule has 0 unspecified atom stereocenters. The van der Waals surface area contributed by atoms with Gasteiger partial charge in [-0.15, -0.1) is 0 Å². The van der Waals surface area contributed by atoms with E-state index < -0.39 is 0 Å². The van der Waals surface area contributed by atoms with E-state index in [-0.39, 0.29) is 5.82 Å². The maximum atomic E-state index is 14.4. The molecule has 0 aliphatic carbocycles. The third-order valence-electron chi connectivity index (χ3n) is 5.86. The van der Waals surface area contributed by atoms with E-state index in [1.807, 2.05) is 43.3 Å². The monoisotopic (exact) mass is 447 g/mol. The molecule has 5 nitrogen and oxygen atoms in total. The minimum absolute atomic E-state index is 0.264. The van der Waals surface area contributed by atoms with Gasteiger partial charge in [0.25, 0.3) is 0 Å². The van der Waals surface area contributed by atoms with Crippen molar-refractivity contribution < 1.29 is 4.39 Å². The Morgan fingerprint density at radius 3 is 2.85 bits per heavy atom. The Balaban J connectivity index is 1.34. The standard InChI is InChI=1S/C28H22FN5/c1-17-7-22-8-19(9-23(14-30)28(22)34-15-17)10-25-12-20(3-5-31-25)18(2)33-16-24-11-21-4-6-32-27(21)13-26(24)29/h3-9,11-13,15,32-33H,2,10,16H2,1H3. The summed E-state index contributed by atoms with van der Waals surface area (Å²) in [5.41, 5.74) is 7.07. The molecule has 166 valence electrons. The number of nitrogens with one attached hydrogen (secondary N) is 2. The summed E-state index contributed by atoms with van der Waals surface area (Å²) in [6, 6.07) is 17.3. The summed E-state index contributed by atoms with van der Waals surface area (Å²) >= 11 is 0. The van der Waals surface area contributed by atoms with Crippen molar-refractivity contribution in [2.24, 2.45) is 0 Å². The fourth-order valence-electron chi connectivity index (χ4n) is 4.14. The Bertz CT molecular complexity index is 1590. The first-order valence-corrected chi connectivity index (χ1v) is 10.9. The highest BCUT2D eigenvalue weighted by atomic mass is 19.1. The second-order valence-electron chi connectivity index (χ2n) is 8.39. The van der Waals surface area contributed by atoms with Crippen LogP contribution in [0.3, 0.4) is 0 Å². The first-order valence-electron chi connectivity index (χ1n) is 10.9. The molecule has 5 rings (SSSR count). The molecule has 34 heavy (non-hydrogen) atoms. The van der Waals surface area contributed by atoms with Crippen LogP contribution >= 0.6 is 0 Å². The van der Waals surface area contributed by atoms with Gasteiger partial charge in [0.05, 0.1) is 11.1 Å². The van der Waals surface area contributed by atoms with E-state index in [0.29, 0.717) is 35.3 Å². The lowest BCUT2D eigenvalue weighted by atomic mass is 10.0. The second-order valence-corrected chi connectivity index (χ2v) is 8.39. The summed E-state index contributed by atoms with van der Waals surface area (Å²) in [5.74, 6) is -0.264. The molecule has 0 saturated heterocycles. The van der Waals surface area contributed by atoms with Gasteiger partial charge in [-0.05, 0) is 72.0 Å². The molecule has 0 atom stereocenters. The van der Waals surface area contributed by atoms with Gasteiger partial charge in [-0.3, -0.25) is 9.97 Å². The molecule has 3 aromatic heterocycles. The van der Waals surface area contributed by atoms with Crippen molar-refractivity contribution in [2.45, 2.75) is 19.9 Å². The van der Waals surface area contributed by atoms with Gasteiger partial charge in [0.15, 0.2) is 0 Å². The van der Waals surface area contributed by atoms with E-state index in [0.717, 1.165) is 38.7 Å². The van der Waals surface area contributed by atoms with Crippen molar-refractivity contribution in [3.63, 3.8) is 0 Å². The number of hydrogen-bond acceptors (Lipinski definition) is 4. The summed E-state index contributed by atoms with van der Waals surface area (Å²) in [6.45, 7) is 6.44. The van der Waals surface area contributed by atoms with Crippen LogP contribution in [0.25, 0.3) is 27.5 Å². The summed E-state index contributed by atoms with van der Waals surface area (Å²) in [7, 11) is 0. The number of aromatic nitrogens is 3. The summed E-state index contributed by atoms with van der Waals surface area (Å²) in [4.78, 5) is 11.9. The number of halogens is 1. The average Bonchev–Trinajstić information content (AvgIpc) is 3.28. The Morgan fingerprint density at radius 1 is 1.12 bits per heavy atom. The minimum Gasteiger partial charge on any atom is -0.381 e. The third-order valence-corrected chi connectivity index (χ3v) is 5.86. The first-order chi connectivity index (χ1) is 16.5. The molecule has 2 N–H and O–H groups in total. The lowest BCUT2D eigenvalue weighted by Gasteiger charge is -2.12. The Morgan fingerprint density at radius 2 is 2.00 bits per heavy atom. The second kappa shape index (κ2) is 8.80. The van der Waals surface area contributed by atoms with Gasteiger partial charge < -0.3 is 10.3 Å². The van der Waals surface area contributed by atoms with Gasteiger partial charge >= 0.3 is 0 Å². The Kier molecular flexibility index (Phi) is 5.52. The molecule has 0 aliphatic heterocycles. The number of rotatable bonds is 6. The normalized spacial score (nSPS) is 11.0.